The largest absolute Gasteiger partial charge is 0.491 e. The van der Waals surface area contributed by atoms with Crippen molar-refractivity contribution < 1.29 is 27.4 Å². The summed E-state index contributed by atoms with van der Waals surface area (Å²) in [7, 11) is 1.61. The maximum Gasteiger partial charge on any atom is 0.445 e. The highest BCUT2D eigenvalue weighted by Crippen LogP contribution is 2.33. The first-order valence-corrected chi connectivity index (χ1v) is 11.6. The molecule has 0 saturated heterocycles. The predicted octanol–water partition coefficient (Wildman–Crippen LogP) is 5.28. The lowest BCUT2D eigenvalue weighted by Crippen LogP contribution is -2.26. The number of methoxy groups -OCH3 is 1. The standard InChI is InChI=1S/C21H23F3N4O3S2/c1-11(5-6-30-4)31-16-8-14(7-15(9-16)19-25-10-12(2)32-19)17(29)26-13(3)18-27-28-20(33-18)21(22,23)24/h7-11,13H,5-6H2,1-4H3,(H,26,29)/t11-,13?/m1/s1. The summed E-state index contributed by atoms with van der Waals surface area (Å²) in [5.41, 5.74) is 0.999. The third-order valence-corrected chi connectivity index (χ3v) is 6.62. The number of nitrogens with one attached hydrogen (secondary N) is 1. The zero-order valence-corrected chi connectivity index (χ0v) is 20.0. The first-order valence-electron chi connectivity index (χ1n) is 10.0. The third-order valence-electron chi connectivity index (χ3n) is 4.50. The maximum absolute atomic E-state index is 13.0. The number of hydrogen-bond donors (Lipinski definition) is 1. The molecule has 3 aromatic rings. The van der Waals surface area contributed by atoms with E-state index in [1.807, 2.05) is 19.9 Å². The van der Waals surface area contributed by atoms with Gasteiger partial charge in [-0.2, -0.15) is 13.2 Å². The molecule has 0 saturated carbocycles. The van der Waals surface area contributed by atoms with Gasteiger partial charge in [-0.3, -0.25) is 4.79 Å². The molecule has 3 rings (SSSR count). The van der Waals surface area contributed by atoms with Gasteiger partial charge in [0.2, 0.25) is 5.01 Å². The van der Waals surface area contributed by atoms with Crippen LogP contribution in [-0.2, 0) is 10.9 Å². The summed E-state index contributed by atoms with van der Waals surface area (Å²) in [4.78, 5) is 18.4. The molecule has 1 N–H and O–H groups in total. The van der Waals surface area contributed by atoms with Gasteiger partial charge in [-0.05, 0) is 39.0 Å². The van der Waals surface area contributed by atoms with Crippen LogP contribution < -0.4 is 10.1 Å². The number of carbonyl (C=O) groups excluding carboxylic acids is 1. The number of halogens is 3. The number of aryl methyl sites for hydroxylation is 1. The molecule has 1 unspecified atom stereocenters. The Morgan fingerprint density at radius 1 is 1.18 bits per heavy atom. The van der Waals surface area contributed by atoms with Crippen LogP contribution in [0, 0.1) is 6.92 Å². The summed E-state index contributed by atoms with van der Waals surface area (Å²) in [5.74, 6) is 0.00723. The SMILES string of the molecule is COCC[C@@H](C)Oc1cc(C(=O)NC(C)c2nnc(C(F)(F)F)s2)cc(-c2ncc(C)s2)c1. The number of nitrogens with zero attached hydrogens (tertiary/aromatic N) is 3. The minimum atomic E-state index is -4.58. The van der Waals surface area contributed by atoms with E-state index in [1.165, 1.54) is 11.3 Å². The van der Waals surface area contributed by atoms with Gasteiger partial charge in [0.15, 0.2) is 0 Å². The summed E-state index contributed by atoms with van der Waals surface area (Å²) in [6.45, 7) is 5.91. The van der Waals surface area contributed by atoms with Crippen LogP contribution in [-0.4, -0.2) is 40.9 Å². The van der Waals surface area contributed by atoms with E-state index in [0.717, 1.165) is 9.88 Å². The number of thiazole rings is 1. The summed E-state index contributed by atoms with van der Waals surface area (Å²) in [5, 5.41) is 9.16. The summed E-state index contributed by atoms with van der Waals surface area (Å²) < 4.78 is 49.5. The van der Waals surface area contributed by atoms with E-state index in [0.29, 0.717) is 41.2 Å². The zero-order valence-electron chi connectivity index (χ0n) is 18.4. The Bertz CT molecular complexity index is 1100. The average molecular weight is 501 g/mol. The van der Waals surface area contributed by atoms with Crippen molar-refractivity contribution in [2.45, 2.75) is 45.5 Å². The van der Waals surface area contributed by atoms with E-state index in [2.05, 4.69) is 20.5 Å². The van der Waals surface area contributed by atoms with Crippen molar-refractivity contribution in [1.82, 2.24) is 20.5 Å². The molecular weight excluding hydrogens is 477 g/mol. The molecule has 0 aliphatic heterocycles. The molecule has 2 heterocycles. The van der Waals surface area contributed by atoms with Crippen molar-refractivity contribution in [2.75, 3.05) is 13.7 Å². The monoisotopic (exact) mass is 500 g/mol. The van der Waals surface area contributed by atoms with Crippen molar-refractivity contribution >= 4 is 28.6 Å². The van der Waals surface area contributed by atoms with Crippen LogP contribution in [0.1, 0.15) is 51.6 Å². The van der Waals surface area contributed by atoms with E-state index in [-0.39, 0.29) is 11.1 Å². The van der Waals surface area contributed by atoms with Gasteiger partial charge < -0.3 is 14.8 Å². The predicted molar refractivity (Wildman–Crippen MR) is 120 cm³/mol. The molecule has 2 atom stereocenters. The fourth-order valence-corrected chi connectivity index (χ4v) is 4.32. The number of aromatic nitrogens is 3. The van der Waals surface area contributed by atoms with Gasteiger partial charge in [0.05, 0.1) is 12.1 Å². The Morgan fingerprint density at radius 2 is 1.94 bits per heavy atom. The Kier molecular flexibility index (Phi) is 8.03. The molecule has 12 heteroatoms. The van der Waals surface area contributed by atoms with Crippen LogP contribution in [0.15, 0.2) is 24.4 Å². The van der Waals surface area contributed by atoms with Gasteiger partial charge in [-0.15, -0.1) is 21.5 Å². The molecule has 178 valence electrons. The number of amides is 1. The topological polar surface area (TPSA) is 86.2 Å². The number of rotatable bonds is 9. The van der Waals surface area contributed by atoms with Crippen LogP contribution in [0.25, 0.3) is 10.6 Å². The quantitative estimate of drug-likeness (QED) is 0.430. The highest BCUT2D eigenvalue weighted by atomic mass is 32.1. The first kappa shape index (κ1) is 25.1. The molecule has 0 radical (unpaired) electrons. The number of ether oxygens (including phenoxy) is 2. The van der Waals surface area contributed by atoms with Crippen molar-refractivity contribution in [3.63, 3.8) is 0 Å². The van der Waals surface area contributed by atoms with Crippen LogP contribution in [0.3, 0.4) is 0 Å². The van der Waals surface area contributed by atoms with E-state index in [9.17, 15) is 18.0 Å². The molecular formula is C21H23F3N4O3S2. The van der Waals surface area contributed by atoms with E-state index >= 15 is 0 Å². The summed E-state index contributed by atoms with van der Waals surface area (Å²) in [6.07, 6.45) is -2.33. The molecule has 0 spiro atoms. The van der Waals surface area contributed by atoms with Crippen molar-refractivity contribution in [3.05, 3.63) is 44.9 Å². The molecule has 1 aromatic carbocycles. The number of benzene rings is 1. The lowest BCUT2D eigenvalue weighted by Gasteiger charge is -2.17. The Morgan fingerprint density at radius 3 is 2.55 bits per heavy atom. The van der Waals surface area contributed by atoms with E-state index < -0.39 is 23.1 Å². The van der Waals surface area contributed by atoms with Crippen LogP contribution in [0.2, 0.25) is 0 Å². The number of alkyl halides is 3. The molecule has 7 nitrogen and oxygen atoms in total. The Labute approximate surface area is 197 Å². The second-order valence-electron chi connectivity index (χ2n) is 7.37. The van der Waals surface area contributed by atoms with Crippen molar-refractivity contribution in [1.29, 1.82) is 0 Å². The second kappa shape index (κ2) is 10.6. The second-order valence-corrected chi connectivity index (χ2v) is 9.61. The van der Waals surface area contributed by atoms with Gasteiger partial charge >= 0.3 is 6.18 Å². The summed E-state index contributed by atoms with van der Waals surface area (Å²) >= 11 is 1.88. The first-order chi connectivity index (χ1) is 15.6. The number of hydrogen-bond acceptors (Lipinski definition) is 8. The van der Waals surface area contributed by atoms with Gasteiger partial charge in [-0.25, -0.2) is 4.98 Å². The van der Waals surface area contributed by atoms with Crippen LogP contribution in [0.5, 0.6) is 5.75 Å². The van der Waals surface area contributed by atoms with Crippen molar-refractivity contribution in [2.24, 2.45) is 0 Å². The fourth-order valence-electron chi connectivity index (χ4n) is 2.85. The third kappa shape index (κ3) is 6.71. The molecule has 33 heavy (non-hydrogen) atoms. The maximum atomic E-state index is 13.0. The highest BCUT2D eigenvalue weighted by molar-refractivity contribution is 7.15. The fraction of sp³-hybridized carbons (Fsp3) is 0.429. The molecule has 0 aliphatic rings. The molecule has 1 amide bonds. The van der Waals surface area contributed by atoms with Gasteiger partial charge in [0, 0.05) is 42.3 Å². The molecule has 2 aromatic heterocycles. The van der Waals surface area contributed by atoms with Gasteiger partial charge in [0.25, 0.3) is 5.91 Å². The Balaban J connectivity index is 1.84. The molecule has 0 aliphatic carbocycles. The van der Waals surface area contributed by atoms with E-state index in [1.54, 1.807) is 32.4 Å². The normalized spacial score (nSPS) is 13.5. The van der Waals surface area contributed by atoms with E-state index in [4.69, 9.17) is 9.47 Å². The lowest BCUT2D eigenvalue weighted by molar-refractivity contribution is -0.138. The minimum absolute atomic E-state index is 0.0621. The highest BCUT2D eigenvalue weighted by Gasteiger charge is 2.36. The Hall–Kier alpha value is -2.57. The lowest BCUT2D eigenvalue weighted by atomic mass is 10.1. The summed E-state index contributed by atoms with van der Waals surface area (Å²) in [6, 6.07) is 4.31. The number of carbonyl (C=O) groups is 1. The molecule has 0 bridgehead atoms. The average Bonchev–Trinajstić information content (AvgIpc) is 3.41. The zero-order chi connectivity index (χ0) is 24.2. The van der Waals surface area contributed by atoms with Crippen LogP contribution in [0.4, 0.5) is 13.2 Å². The van der Waals surface area contributed by atoms with Gasteiger partial charge in [-0.1, -0.05) is 11.3 Å². The molecule has 0 fully saturated rings. The minimum Gasteiger partial charge on any atom is -0.491 e. The smallest absolute Gasteiger partial charge is 0.445 e. The van der Waals surface area contributed by atoms with Crippen molar-refractivity contribution in [3.8, 4) is 16.3 Å². The van der Waals surface area contributed by atoms with Gasteiger partial charge in [0.1, 0.15) is 15.8 Å². The van der Waals surface area contributed by atoms with Crippen LogP contribution >= 0.6 is 22.7 Å².